The molecule has 1 unspecified atom stereocenters. The molecule has 0 heterocycles. The molecule has 0 aromatic rings. The van der Waals surface area contributed by atoms with Crippen molar-refractivity contribution in [3.8, 4) is 0 Å². The molecule has 0 radical (unpaired) electrons. The molecule has 0 aromatic heterocycles. The maximum atomic E-state index is 11.3. The molecule has 3 heteroatoms. The highest BCUT2D eigenvalue weighted by Gasteiger charge is 2.15. The van der Waals surface area contributed by atoms with E-state index >= 15 is 0 Å². The van der Waals surface area contributed by atoms with Crippen LogP contribution in [0.5, 0.6) is 0 Å². The predicted octanol–water partition coefficient (Wildman–Crippen LogP) is 3.17. The summed E-state index contributed by atoms with van der Waals surface area (Å²) < 4.78 is 10.6. The smallest absolute Gasteiger partial charge is 0.308 e. The van der Waals surface area contributed by atoms with Crippen LogP contribution in [-0.4, -0.2) is 24.8 Å². The Morgan fingerprint density at radius 1 is 1.31 bits per heavy atom. The van der Waals surface area contributed by atoms with Crippen molar-refractivity contribution in [2.24, 2.45) is 5.92 Å². The summed E-state index contributed by atoms with van der Waals surface area (Å²) in [5.41, 5.74) is -0.396. The van der Waals surface area contributed by atoms with Crippen LogP contribution in [0.4, 0.5) is 0 Å². The number of esters is 1. The topological polar surface area (TPSA) is 35.5 Å². The van der Waals surface area contributed by atoms with Gasteiger partial charge >= 0.3 is 5.97 Å². The number of rotatable bonds is 7. The van der Waals surface area contributed by atoms with Crippen molar-refractivity contribution in [2.45, 2.75) is 59.5 Å². The first-order valence-corrected chi connectivity index (χ1v) is 6.14. The van der Waals surface area contributed by atoms with E-state index in [4.69, 9.17) is 9.47 Å². The quantitative estimate of drug-likeness (QED) is 0.498. The van der Waals surface area contributed by atoms with Gasteiger partial charge in [-0.15, -0.1) is 0 Å². The first-order chi connectivity index (χ1) is 7.35. The van der Waals surface area contributed by atoms with Gasteiger partial charge in [0, 0.05) is 6.61 Å². The Labute approximate surface area is 99.5 Å². The maximum absolute atomic E-state index is 11.3. The Morgan fingerprint density at radius 3 is 2.44 bits per heavy atom. The van der Waals surface area contributed by atoms with Gasteiger partial charge in [0.2, 0.25) is 0 Å². The average Bonchev–Trinajstić information content (AvgIpc) is 2.10. The van der Waals surface area contributed by atoms with Gasteiger partial charge in [-0.3, -0.25) is 4.79 Å². The molecule has 0 aliphatic rings. The molecule has 96 valence electrons. The van der Waals surface area contributed by atoms with E-state index in [1.165, 1.54) is 12.8 Å². The lowest BCUT2D eigenvalue weighted by Crippen LogP contribution is -2.24. The van der Waals surface area contributed by atoms with Crippen LogP contribution in [0.25, 0.3) is 0 Å². The van der Waals surface area contributed by atoms with E-state index in [9.17, 15) is 4.79 Å². The summed E-state index contributed by atoms with van der Waals surface area (Å²) in [6.45, 7) is 11.1. The van der Waals surface area contributed by atoms with Crippen LogP contribution in [0.1, 0.15) is 53.9 Å². The molecule has 0 aliphatic carbocycles. The third-order valence-corrected chi connectivity index (χ3v) is 2.05. The lowest BCUT2D eigenvalue weighted by Gasteiger charge is -2.19. The van der Waals surface area contributed by atoms with Gasteiger partial charge < -0.3 is 9.47 Å². The molecule has 0 N–H and O–H groups in total. The summed E-state index contributed by atoms with van der Waals surface area (Å²) in [4.78, 5) is 11.3. The van der Waals surface area contributed by atoms with Crippen LogP contribution in [-0.2, 0) is 14.3 Å². The Hall–Kier alpha value is -0.570. The molecular weight excluding hydrogens is 204 g/mol. The van der Waals surface area contributed by atoms with E-state index in [0.717, 1.165) is 6.61 Å². The third-order valence-electron chi connectivity index (χ3n) is 2.05. The third kappa shape index (κ3) is 9.97. The molecule has 0 amide bonds. The molecule has 0 saturated heterocycles. The largest absolute Gasteiger partial charge is 0.460 e. The standard InChI is InChI=1S/C13H26O3/c1-6-7-11(2)10-15-9-8-12(14)16-13(3,4)5/h11H,6-10H2,1-5H3. The van der Waals surface area contributed by atoms with Crippen LogP contribution in [0, 0.1) is 5.92 Å². The molecule has 0 bridgehead atoms. The lowest BCUT2D eigenvalue weighted by molar-refractivity contribution is -0.156. The van der Waals surface area contributed by atoms with Crippen molar-refractivity contribution in [1.29, 1.82) is 0 Å². The molecule has 0 spiro atoms. The van der Waals surface area contributed by atoms with Crippen molar-refractivity contribution < 1.29 is 14.3 Å². The first-order valence-electron chi connectivity index (χ1n) is 6.14. The van der Waals surface area contributed by atoms with E-state index in [-0.39, 0.29) is 5.97 Å². The minimum atomic E-state index is -0.396. The van der Waals surface area contributed by atoms with E-state index in [0.29, 0.717) is 18.9 Å². The van der Waals surface area contributed by atoms with E-state index in [1.54, 1.807) is 0 Å². The van der Waals surface area contributed by atoms with Gasteiger partial charge in [0.15, 0.2) is 0 Å². The number of carbonyl (C=O) groups excluding carboxylic acids is 1. The van der Waals surface area contributed by atoms with Gasteiger partial charge in [-0.05, 0) is 33.1 Å². The molecule has 3 nitrogen and oxygen atoms in total. The summed E-state index contributed by atoms with van der Waals surface area (Å²) in [7, 11) is 0. The summed E-state index contributed by atoms with van der Waals surface area (Å²) in [5, 5.41) is 0. The van der Waals surface area contributed by atoms with Crippen molar-refractivity contribution in [2.75, 3.05) is 13.2 Å². The summed E-state index contributed by atoms with van der Waals surface area (Å²) in [6, 6.07) is 0. The highest BCUT2D eigenvalue weighted by molar-refractivity contribution is 5.69. The summed E-state index contributed by atoms with van der Waals surface area (Å²) in [5.74, 6) is 0.388. The number of hydrogen-bond donors (Lipinski definition) is 0. The van der Waals surface area contributed by atoms with E-state index in [2.05, 4.69) is 13.8 Å². The second kappa shape index (κ2) is 7.66. The molecule has 0 fully saturated rings. The van der Waals surface area contributed by atoms with Gasteiger partial charge in [0.1, 0.15) is 5.60 Å². The SMILES string of the molecule is CCCC(C)COCCC(=O)OC(C)(C)C. The first kappa shape index (κ1) is 15.4. The monoisotopic (exact) mass is 230 g/mol. The summed E-state index contributed by atoms with van der Waals surface area (Å²) >= 11 is 0. The van der Waals surface area contributed by atoms with Crippen molar-refractivity contribution in [1.82, 2.24) is 0 Å². The average molecular weight is 230 g/mol. The summed E-state index contributed by atoms with van der Waals surface area (Å²) in [6.07, 6.45) is 2.69. The second-order valence-corrected chi connectivity index (χ2v) is 5.31. The van der Waals surface area contributed by atoms with Gasteiger partial charge in [-0.2, -0.15) is 0 Å². The molecule has 0 aromatic carbocycles. The van der Waals surface area contributed by atoms with Gasteiger partial charge in [0.25, 0.3) is 0 Å². The van der Waals surface area contributed by atoms with Crippen molar-refractivity contribution in [3.05, 3.63) is 0 Å². The zero-order chi connectivity index (χ0) is 12.6. The fourth-order valence-electron chi connectivity index (χ4n) is 1.41. The zero-order valence-electron chi connectivity index (χ0n) is 11.3. The molecule has 0 rings (SSSR count). The second-order valence-electron chi connectivity index (χ2n) is 5.31. The fourth-order valence-corrected chi connectivity index (χ4v) is 1.41. The minimum Gasteiger partial charge on any atom is -0.460 e. The Kier molecular flexibility index (Phi) is 7.39. The lowest BCUT2D eigenvalue weighted by atomic mass is 10.1. The van der Waals surface area contributed by atoms with Gasteiger partial charge in [-0.25, -0.2) is 0 Å². The van der Waals surface area contributed by atoms with E-state index in [1.807, 2.05) is 20.8 Å². The molecule has 16 heavy (non-hydrogen) atoms. The van der Waals surface area contributed by atoms with Crippen LogP contribution in [0.15, 0.2) is 0 Å². The van der Waals surface area contributed by atoms with Crippen LogP contribution < -0.4 is 0 Å². The van der Waals surface area contributed by atoms with Gasteiger partial charge in [-0.1, -0.05) is 20.3 Å². The Balaban J connectivity index is 3.48. The Bertz CT molecular complexity index is 194. The normalized spacial score (nSPS) is 13.6. The maximum Gasteiger partial charge on any atom is 0.308 e. The molecular formula is C13H26O3. The van der Waals surface area contributed by atoms with Crippen LogP contribution in [0.2, 0.25) is 0 Å². The fraction of sp³-hybridized carbons (Fsp3) is 0.923. The predicted molar refractivity (Wildman–Crippen MR) is 65.4 cm³/mol. The zero-order valence-corrected chi connectivity index (χ0v) is 11.3. The number of ether oxygens (including phenoxy) is 2. The number of hydrogen-bond acceptors (Lipinski definition) is 3. The number of carbonyl (C=O) groups is 1. The van der Waals surface area contributed by atoms with Crippen LogP contribution >= 0.6 is 0 Å². The van der Waals surface area contributed by atoms with Gasteiger partial charge in [0.05, 0.1) is 13.0 Å². The van der Waals surface area contributed by atoms with Crippen molar-refractivity contribution >= 4 is 5.97 Å². The molecule has 0 saturated carbocycles. The Morgan fingerprint density at radius 2 is 1.94 bits per heavy atom. The molecule has 1 atom stereocenters. The minimum absolute atomic E-state index is 0.185. The van der Waals surface area contributed by atoms with E-state index < -0.39 is 5.60 Å². The highest BCUT2D eigenvalue weighted by Crippen LogP contribution is 2.09. The molecule has 0 aliphatic heterocycles. The highest BCUT2D eigenvalue weighted by atomic mass is 16.6. The van der Waals surface area contributed by atoms with Crippen molar-refractivity contribution in [3.63, 3.8) is 0 Å². The van der Waals surface area contributed by atoms with Crippen LogP contribution in [0.3, 0.4) is 0 Å².